The predicted octanol–water partition coefficient (Wildman–Crippen LogP) is 4.99. The topological polar surface area (TPSA) is 81.2 Å². The molecule has 4 aromatic rings. The zero-order chi connectivity index (χ0) is 18.6. The second-order valence-electron chi connectivity index (χ2n) is 6.15. The number of anilines is 3. The number of aromatic amines is 1. The summed E-state index contributed by atoms with van der Waals surface area (Å²) in [7, 11) is 0. The lowest BCUT2D eigenvalue weighted by Gasteiger charge is -2.20. The number of fused-ring (bicyclic) bond motifs is 1. The lowest BCUT2D eigenvalue weighted by molar-refractivity contribution is 0.201. The Kier molecular flexibility index (Phi) is 4.45. The first kappa shape index (κ1) is 16.7. The van der Waals surface area contributed by atoms with Crippen molar-refractivity contribution in [3.8, 4) is 0 Å². The van der Waals surface area contributed by atoms with Gasteiger partial charge in [0.2, 0.25) is 0 Å². The molecule has 0 spiro atoms. The van der Waals surface area contributed by atoms with Crippen LogP contribution in [-0.2, 0) is 6.54 Å². The minimum absolute atomic E-state index is 0.291. The molecular weight excluding hydrogens is 340 g/mol. The molecule has 0 unspecified atom stereocenters. The molecule has 4 rings (SSSR count). The van der Waals surface area contributed by atoms with E-state index in [1.807, 2.05) is 66.9 Å². The first-order valence-corrected chi connectivity index (χ1v) is 8.53. The standard InChI is InChI=1S/C21H18N4O2/c26-21(27)25(14-15-4-2-1-3-5-15)17-6-7-19-18(12-17)20(13-23-19)24-16-8-10-22-11-9-16/h1-13,23H,14H2,(H,22,24)(H,26,27). The number of rotatable bonds is 5. The lowest BCUT2D eigenvalue weighted by atomic mass is 10.1. The van der Waals surface area contributed by atoms with Crippen LogP contribution in [0.1, 0.15) is 5.56 Å². The molecule has 0 aliphatic carbocycles. The van der Waals surface area contributed by atoms with Crippen molar-refractivity contribution >= 4 is 34.1 Å². The van der Waals surface area contributed by atoms with Crippen LogP contribution in [0, 0.1) is 0 Å². The first-order valence-electron chi connectivity index (χ1n) is 8.53. The van der Waals surface area contributed by atoms with Crippen molar-refractivity contribution in [2.75, 3.05) is 10.2 Å². The lowest BCUT2D eigenvalue weighted by Crippen LogP contribution is -2.28. The molecule has 3 N–H and O–H groups in total. The van der Waals surface area contributed by atoms with Gasteiger partial charge in [0, 0.05) is 40.9 Å². The Balaban J connectivity index is 1.68. The van der Waals surface area contributed by atoms with E-state index in [9.17, 15) is 9.90 Å². The molecule has 2 aromatic carbocycles. The molecule has 0 saturated carbocycles. The van der Waals surface area contributed by atoms with Crippen molar-refractivity contribution < 1.29 is 9.90 Å². The number of nitrogens with zero attached hydrogens (tertiary/aromatic N) is 2. The Labute approximate surface area is 156 Å². The molecule has 6 heteroatoms. The molecule has 2 heterocycles. The van der Waals surface area contributed by atoms with E-state index in [4.69, 9.17) is 0 Å². The van der Waals surface area contributed by atoms with E-state index in [2.05, 4.69) is 15.3 Å². The highest BCUT2D eigenvalue weighted by atomic mass is 16.4. The first-order chi connectivity index (χ1) is 13.2. The van der Waals surface area contributed by atoms with E-state index >= 15 is 0 Å². The van der Waals surface area contributed by atoms with Gasteiger partial charge in [0.25, 0.3) is 0 Å². The van der Waals surface area contributed by atoms with Gasteiger partial charge in [-0.15, -0.1) is 0 Å². The van der Waals surface area contributed by atoms with Gasteiger partial charge in [0.15, 0.2) is 0 Å². The van der Waals surface area contributed by atoms with Gasteiger partial charge in [-0.25, -0.2) is 4.79 Å². The maximum absolute atomic E-state index is 11.9. The number of benzene rings is 2. The summed E-state index contributed by atoms with van der Waals surface area (Å²) in [6, 6.07) is 18.9. The van der Waals surface area contributed by atoms with Crippen LogP contribution in [-0.4, -0.2) is 21.2 Å². The molecule has 2 aromatic heterocycles. The summed E-state index contributed by atoms with van der Waals surface area (Å²) in [4.78, 5) is 20.4. The number of carboxylic acid groups (broad SMARTS) is 1. The van der Waals surface area contributed by atoms with Crippen LogP contribution in [0.25, 0.3) is 10.9 Å². The Bertz CT molecular complexity index is 1060. The van der Waals surface area contributed by atoms with Gasteiger partial charge in [0.1, 0.15) is 0 Å². The number of nitrogens with one attached hydrogen (secondary N) is 2. The molecule has 0 bridgehead atoms. The third-order valence-corrected chi connectivity index (χ3v) is 4.35. The van der Waals surface area contributed by atoms with E-state index in [1.165, 1.54) is 4.90 Å². The average Bonchev–Trinajstić information content (AvgIpc) is 3.09. The van der Waals surface area contributed by atoms with Crippen LogP contribution >= 0.6 is 0 Å². The summed E-state index contributed by atoms with van der Waals surface area (Å²) >= 11 is 0. The van der Waals surface area contributed by atoms with Crippen LogP contribution in [0.4, 0.5) is 21.9 Å². The molecule has 0 fully saturated rings. The van der Waals surface area contributed by atoms with Crippen LogP contribution in [0.3, 0.4) is 0 Å². The summed E-state index contributed by atoms with van der Waals surface area (Å²) in [5.41, 5.74) is 4.28. The number of aromatic nitrogens is 2. The summed E-state index contributed by atoms with van der Waals surface area (Å²) < 4.78 is 0. The van der Waals surface area contributed by atoms with Crippen molar-refractivity contribution in [1.82, 2.24) is 9.97 Å². The van der Waals surface area contributed by atoms with Gasteiger partial charge < -0.3 is 15.4 Å². The Hall–Kier alpha value is -3.80. The van der Waals surface area contributed by atoms with Gasteiger partial charge in [-0.1, -0.05) is 30.3 Å². The molecule has 1 amide bonds. The van der Waals surface area contributed by atoms with Gasteiger partial charge >= 0.3 is 6.09 Å². The second-order valence-corrected chi connectivity index (χ2v) is 6.15. The number of hydrogen-bond acceptors (Lipinski definition) is 3. The monoisotopic (exact) mass is 358 g/mol. The Morgan fingerprint density at radius 3 is 2.59 bits per heavy atom. The minimum atomic E-state index is -0.989. The number of H-pyrrole nitrogens is 1. The van der Waals surface area contributed by atoms with Gasteiger partial charge in [-0.2, -0.15) is 0 Å². The molecule has 0 atom stereocenters. The van der Waals surface area contributed by atoms with Crippen LogP contribution in [0.5, 0.6) is 0 Å². The third kappa shape index (κ3) is 3.59. The van der Waals surface area contributed by atoms with Crippen molar-refractivity contribution in [3.63, 3.8) is 0 Å². The highest BCUT2D eigenvalue weighted by Crippen LogP contribution is 2.30. The fourth-order valence-corrected chi connectivity index (χ4v) is 3.01. The third-order valence-electron chi connectivity index (χ3n) is 4.35. The van der Waals surface area contributed by atoms with E-state index in [0.29, 0.717) is 12.2 Å². The highest BCUT2D eigenvalue weighted by molar-refractivity contribution is 5.98. The normalized spacial score (nSPS) is 10.7. The fraction of sp³-hybridized carbons (Fsp3) is 0.0476. The highest BCUT2D eigenvalue weighted by Gasteiger charge is 2.16. The number of amides is 1. The smallest absolute Gasteiger partial charge is 0.412 e. The van der Waals surface area contributed by atoms with Gasteiger partial charge in [0.05, 0.1) is 12.2 Å². The Morgan fingerprint density at radius 2 is 1.85 bits per heavy atom. The largest absolute Gasteiger partial charge is 0.465 e. The van der Waals surface area contributed by atoms with E-state index < -0.39 is 6.09 Å². The van der Waals surface area contributed by atoms with Crippen molar-refractivity contribution in [1.29, 1.82) is 0 Å². The number of pyridine rings is 1. The zero-order valence-electron chi connectivity index (χ0n) is 14.5. The van der Waals surface area contributed by atoms with Crippen molar-refractivity contribution in [2.24, 2.45) is 0 Å². The zero-order valence-corrected chi connectivity index (χ0v) is 14.5. The molecule has 134 valence electrons. The molecule has 0 aliphatic rings. The second kappa shape index (κ2) is 7.21. The van der Waals surface area contributed by atoms with Crippen molar-refractivity contribution in [2.45, 2.75) is 6.54 Å². The number of carbonyl (C=O) groups is 1. The molecule has 0 aliphatic heterocycles. The summed E-state index contributed by atoms with van der Waals surface area (Å²) in [5, 5.41) is 14.0. The predicted molar refractivity (Wildman–Crippen MR) is 106 cm³/mol. The fourth-order valence-electron chi connectivity index (χ4n) is 3.01. The summed E-state index contributed by atoms with van der Waals surface area (Å²) in [6.07, 6.45) is 4.32. The van der Waals surface area contributed by atoms with E-state index in [0.717, 1.165) is 27.8 Å². The van der Waals surface area contributed by atoms with Gasteiger partial charge in [-0.05, 0) is 35.9 Å². The van der Waals surface area contributed by atoms with E-state index in [-0.39, 0.29) is 0 Å². The SMILES string of the molecule is O=C(O)N(Cc1ccccc1)c1ccc2[nH]cc(Nc3ccncc3)c2c1. The molecule has 0 saturated heterocycles. The van der Waals surface area contributed by atoms with Crippen LogP contribution in [0.15, 0.2) is 79.3 Å². The summed E-state index contributed by atoms with van der Waals surface area (Å²) in [6.45, 7) is 0.291. The number of hydrogen-bond donors (Lipinski definition) is 3. The molecule has 0 radical (unpaired) electrons. The summed E-state index contributed by atoms with van der Waals surface area (Å²) in [5.74, 6) is 0. The maximum Gasteiger partial charge on any atom is 0.412 e. The molecule has 27 heavy (non-hydrogen) atoms. The Morgan fingerprint density at radius 1 is 1.07 bits per heavy atom. The van der Waals surface area contributed by atoms with Crippen molar-refractivity contribution in [3.05, 3.63) is 84.8 Å². The maximum atomic E-state index is 11.9. The quantitative estimate of drug-likeness (QED) is 0.469. The molecular formula is C21H18N4O2. The van der Waals surface area contributed by atoms with E-state index in [1.54, 1.807) is 12.4 Å². The average molecular weight is 358 g/mol. The van der Waals surface area contributed by atoms with Crippen LogP contribution in [0.2, 0.25) is 0 Å². The minimum Gasteiger partial charge on any atom is -0.465 e. The molecule has 6 nitrogen and oxygen atoms in total. The van der Waals surface area contributed by atoms with Gasteiger partial charge in [-0.3, -0.25) is 9.88 Å². The van der Waals surface area contributed by atoms with Crippen LogP contribution < -0.4 is 10.2 Å².